The van der Waals surface area contributed by atoms with E-state index in [4.69, 9.17) is 4.74 Å². The standard InChI is InChI=1S/C19H29N3O2/c1-3-21(19(23)20-16-6-7-16)14-15-4-8-17(9-5-15)22-12-10-18(24-2)11-13-22/h4-5,8-9,16,18H,3,6-7,10-14H2,1-2H3,(H,20,23). The highest BCUT2D eigenvalue weighted by molar-refractivity contribution is 5.74. The predicted molar refractivity (Wildman–Crippen MR) is 96.3 cm³/mol. The van der Waals surface area contributed by atoms with Crippen molar-refractivity contribution in [2.24, 2.45) is 0 Å². The van der Waals surface area contributed by atoms with Crippen LogP contribution >= 0.6 is 0 Å². The first-order valence-corrected chi connectivity index (χ1v) is 9.11. The van der Waals surface area contributed by atoms with Crippen LogP contribution in [-0.4, -0.2) is 49.8 Å². The van der Waals surface area contributed by atoms with Gasteiger partial charge in [0.2, 0.25) is 0 Å². The van der Waals surface area contributed by atoms with Crippen molar-refractivity contribution in [1.82, 2.24) is 10.2 Å². The van der Waals surface area contributed by atoms with Crippen molar-refractivity contribution in [3.63, 3.8) is 0 Å². The van der Waals surface area contributed by atoms with Crippen molar-refractivity contribution >= 4 is 11.7 Å². The van der Waals surface area contributed by atoms with Crippen LogP contribution in [0.15, 0.2) is 24.3 Å². The maximum absolute atomic E-state index is 12.2. The van der Waals surface area contributed by atoms with Crippen LogP contribution in [-0.2, 0) is 11.3 Å². The molecule has 24 heavy (non-hydrogen) atoms. The number of anilines is 1. The Bertz CT molecular complexity index is 534. The summed E-state index contributed by atoms with van der Waals surface area (Å²) >= 11 is 0. The molecule has 5 nitrogen and oxygen atoms in total. The zero-order valence-corrected chi connectivity index (χ0v) is 14.8. The Morgan fingerprint density at radius 2 is 1.88 bits per heavy atom. The zero-order chi connectivity index (χ0) is 16.9. The Labute approximate surface area is 145 Å². The molecule has 0 bridgehead atoms. The molecular formula is C19H29N3O2. The molecule has 1 N–H and O–H groups in total. The van der Waals surface area contributed by atoms with Gasteiger partial charge in [-0.3, -0.25) is 0 Å². The molecule has 1 aliphatic carbocycles. The molecule has 0 spiro atoms. The molecule has 1 aromatic rings. The maximum atomic E-state index is 12.2. The lowest BCUT2D eigenvalue weighted by Gasteiger charge is -2.33. The minimum absolute atomic E-state index is 0.0608. The van der Waals surface area contributed by atoms with Gasteiger partial charge in [0.1, 0.15) is 0 Å². The molecule has 1 aliphatic heterocycles. The summed E-state index contributed by atoms with van der Waals surface area (Å²) in [6.07, 6.45) is 4.82. The van der Waals surface area contributed by atoms with E-state index >= 15 is 0 Å². The fourth-order valence-electron chi connectivity index (χ4n) is 3.20. The molecule has 2 amide bonds. The number of hydrogen-bond donors (Lipinski definition) is 1. The molecule has 5 heteroatoms. The van der Waals surface area contributed by atoms with E-state index in [1.165, 1.54) is 11.3 Å². The summed E-state index contributed by atoms with van der Waals surface area (Å²) in [5.41, 5.74) is 2.44. The first-order valence-electron chi connectivity index (χ1n) is 9.11. The van der Waals surface area contributed by atoms with Gasteiger partial charge in [-0.1, -0.05) is 12.1 Å². The number of amides is 2. The van der Waals surface area contributed by atoms with Crippen molar-refractivity contribution in [2.75, 3.05) is 31.6 Å². The lowest BCUT2D eigenvalue weighted by molar-refractivity contribution is 0.0819. The van der Waals surface area contributed by atoms with Crippen LogP contribution in [0.4, 0.5) is 10.5 Å². The molecule has 0 unspecified atom stereocenters. The van der Waals surface area contributed by atoms with Crippen molar-refractivity contribution < 1.29 is 9.53 Å². The molecular weight excluding hydrogens is 302 g/mol. The van der Waals surface area contributed by atoms with Gasteiger partial charge in [0.05, 0.1) is 6.10 Å². The molecule has 1 saturated heterocycles. The topological polar surface area (TPSA) is 44.8 Å². The first-order chi connectivity index (χ1) is 11.7. The highest BCUT2D eigenvalue weighted by Crippen LogP contribution is 2.22. The summed E-state index contributed by atoms with van der Waals surface area (Å²) in [5, 5.41) is 3.06. The smallest absolute Gasteiger partial charge is 0.317 e. The number of nitrogens with zero attached hydrogens (tertiary/aromatic N) is 2. The number of hydrogen-bond acceptors (Lipinski definition) is 3. The van der Waals surface area contributed by atoms with Gasteiger partial charge in [-0.05, 0) is 50.3 Å². The fourth-order valence-corrected chi connectivity index (χ4v) is 3.20. The average molecular weight is 331 g/mol. The van der Waals surface area contributed by atoms with Crippen LogP contribution < -0.4 is 10.2 Å². The van der Waals surface area contributed by atoms with Crippen LogP contribution in [0.5, 0.6) is 0 Å². The molecule has 0 aromatic heterocycles. The quantitative estimate of drug-likeness (QED) is 0.871. The average Bonchev–Trinajstić information content (AvgIpc) is 3.44. The number of benzene rings is 1. The molecule has 3 rings (SSSR count). The number of ether oxygens (including phenoxy) is 1. The Morgan fingerprint density at radius 1 is 1.21 bits per heavy atom. The van der Waals surface area contributed by atoms with E-state index in [1.807, 2.05) is 11.8 Å². The van der Waals surface area contributed by atoms with E-state index in [1.54, 1.807) is 7.11 Å². The highest BCUT2D eigenvalue weighted by atomic mass is 16.5. The molecule has 2 aliphatic rings. The van der Waals surface area contributed by atoms with E-state index in [2.05, 4.69) is 34.5 Å². The number of piperidine rings is 1. The lowest BCUT2D eigenvalue weighted by atomic mass is 10.1. The molecule has 0 atom stereocenters. The maximum Gasteiger partial charge on any atom is 0.317 e. The fraction of sp³-hybridized carbons (Fsp3) is 0.632. The summed E-state index contributed by atoms with van der Waals surface area (Å²) in [5.74, 6) is 0. The Morgan fingerprint density at radius 3 is 2.42 bits per heavy atom. The van der Waals surface area contributed by atoms with Gasteiger partial charge in [0.25, 0.3) is 0 Å². The number of carbonyl (C=O) groups excluding carboxylic acids is 1. The summed E-state index contributed by atoms with van der Waals surface area (Å²) < 4.78 is 5.43. The zero-order valence-electron chi connectivity index (χ0n) is 14.8. The number of carbonyl (C=O) groups is 1. The second-order valence-corrected chi connectivity index (χ2v) is 6.83. The van der Waals surface area contributed by atoms with Gasteiger partial charge in [-0.25, -0.2) is 4.79 Å². The third kappa shape index (κ3) is 4.41. The van der Waals surface area contributed by atoms with Crippen LogP contribution in [0.25, 0.3) is 0 Å². The van der Waals surface area contributed by atoms with Gasteiger partial charge in [-0.2, -0.15) is 0 Å². The van der Waals surface area contributed by atoms with Crippen molar-refractivity contribution in [3.8, 4) is 0 Å². The van der Waals surface area contributed by atoms with Crippen molar-refractivity contribution in [2.45, 2.75) is 51.3 Å². The molecule has 0 radical (unpaired) electrons. The second-order valence-electron chi connectivity index (χ2n) is 6.83. The van der Waals surface area contributed by atoms with Crippen LogP contribution in [0.2, 0.25) is 0 Å². The Hall–Kier alpha value is -1.75. The van der Waals surface area contributed by atoms with Gasteiger partial charge in [0.15, 0.2) is 0 Å². The second kappa shape index (κ2) is 7.88. The van der Waals surface area contributed by atoms with E-state index in [-0.39, 0.29) is 6.03 Å². The number of rotatable bonds is 6. The van der Waals surface area contributed by atoms with E-state index in [9.17, 15) is 4.79 Å². The van der Waals surface area contributed by atoms with Gasteiger partial charge < -0.3 is 19.9 Å². The minimum Gasteiger partial charge on any atom is -0.381 e. The molecule has 1 heterocycles. The third-order valence-electron chi connectivity index (χ3n) is 5.02. The van der Waals surface area contributed by atoms with Crippen LogP contribution in [0.3, 0.4) is 0 Å². The normalized spacial score (nSPS) is 18.5. The van der Waals surface area contributed by atoms with Gasteiger partial charge >= 0.3 is 6.03 Å². The largest absolute Gasteiger partial charge is 0.381 e. The minimum atomic E-state index is 0.0608. The molecule has 1 saturated carbocycles. The van der Waals surface area contributed by atoms with E-state index < -0.39 is 0 Å². The molecule has 1 aromatic carbocycles. The monoisotopic (exact) mass is 331 g/mol. The van der Waals surface area contributed by atoms with Crippen LogP contribution in [0.1, 0.15) is 38.2 Å². The van der Waals surface area contributed by atoms with Crippen molar-refractivity contribution in [3.05, 3.63) is 29.8 Å². The van der Waals surface area contributed by atoms with Gasteiger partial charge in [0, 0.05) is 45.0 Å². The highest BCUT2D eigenvalue weighted by Gasteiger charge is 2.25. The summed E-state index contributed by atoms with van der Waals surface area (Å²) in [4.78, 5) is 16.5. The molecule has 2 fully saturated rings. The van der Waals surface area contributed by atoms with E-state index in [0.29, 0.717) is 18.7 Å². The number of nitrogens with one attached hydrogen (secondary N) is 1. The summed E-state index contributed by atoms with van der Waals surface area (Å²) in [6, 6.07) is 9.11. The number of urea groups is 1. The van der Waals surface area contributed by atoms with E-state index in [0.717, 1.165) is 45.3 Å². The Balaban J connectivity index is 1.54. The summed E-state index contributed by atoms with van der Waals surface area (Å²) in [7, 11) is 1.80. The third-order valence-corrected chi connectivity index (χ3v) is 5.02. The predicted octanol–water partition coefficient (Wildman–Crippen LogP) is 3.00. The van der Waals surface area contributed by atoms with Crippen molar-refractivity contribution in [1.29, 1.82) is 0 Å². The first kappa shape index (κ1) is 17.1. The number of methoxy groups -OCH3 is 1. The lowest BCUT2D eigenvalue weighted by Crippen LogP contribution is -2.40. The summed E-state index contributed by atoms with van der Waals surface area (Å²) in [6.45, 7) is 5.51. The van der Waals surface area contributed by atoms with Crippen LogP contribution in [0, 0.1) is 0 Å². The Kier molecular flexibility index (Phi) is 5.61. The molecule has 132 valence electrons. The SMILES string of the molecule is CCN(Cc1ccc(N2CCC(OC)CC2)cc1)C(=O)NC1CC1. The van der Waals surface area contributed by atoms with Gasteiger partial charge in [-0.15, -0.1) is 0 Å².